The van der Waals surface area contributed by atoms with Gasteiger partial charge < -0.3 is 21.6 Å². The van der Waals surface area contributed by atoms with E-state index in [1.807, 2.05) is 0 Å². The number of nitrogens with two attached hydrogens (primary N) is 2. The molecule has 0 aromatic carbocycles. The van der Waals surface area contributed by atoms with Gasteiger partial charge in [-0.05, 0) is 0 Å². The van der Waals surface area contributed by atoms with E-state index in [1.165, 1.54) is 0 Å². The van der Waals surface area contributed by atoms with E-state index >= 15 is 0 Å². The second-order valence-electron chi connectivity index (χ2n) is 2.19. The number of nitrogens with one attached hydrogen (secondary N) is 1. The van der Waals surface area contributed by atoms with Crippen molar-refractivity contribution in [1.29, 1.82) is 0 Å². The molecule has 0 aromatic heterocycles. The lowest BCUT2D eigenvalue weighted by atomic mass is 10.2. The minimum atomic E-state index is -0.970. The Morgan fingerprint density at radius 1 is 1.50 bits per heavy atom. The van der Waals surface area contributed by atoms with Crippen molar-refractivity contribution in [2.24, 2.45) is 11.5 Å². The van der Waals surface area contributed by atoms with Gasteiger partial charge in [-0.25, -0.2) is 0 Å². The third-order valence-corrected chi connectivity index (χ3v) is 1.12. The first-order valence-corrected chi connectivity index (χ1v) is 3.33. The molecule has 1 unspecified atom stereocenters. The zero-order valence-corrected chi connectivity index (χ0v) is 6.45. The highest BCUT2D eigenvalue weighted by molar-refractivity contribution is 5.88. The van der Waals surface area contributed by atoms with Crippen molar-refractivity contribution in [1.82, 2.24) is 5.32 Å². The number of primary amides is 1. The minimum absolute atomic E-state index is 0.106. The lowest BCUT2D eigenvalue weighted by Gasteiger charge is -2.07. The van der Waals surface area contributed by atoms with Crippen LogP contribution < -0.4 is 16.8 Å². The van der Waals surface area contributed by atoms with Crippen LogP contribution in [0.15, 0.2) is 0 Å². The van der Waals surface area contributed by atoms with Crippen molar-refractivity contribution in [3.05, 3.63) is 0 Å². The molecule has 6 heteroatoms. The zero-order chi connectivity index (χ0) is 9.56. The van der Waals surface area contributed by atoms with Gasteiger partial charge in [0.25, 0.3) is 0 Å². The Bertz CT molecular complexity index is 192. The summed E-state index contributed by atoms with van der Waals surface area (Å²) in [6.45, 7) is -0.106. The average molecular weight is 173 g/mol. The van der Waals surface area contributed by atoms with Crippen LogP contribution in [-0.4, -0.2) is 30.7 Å². The fraction of sp³-hybridized carbons (Fsp3) is 0.500. The second-order valence-corrected chi connectivity index (χ2v) is 2.19. The van der Waals surface area contributed by atoms with Gasteiger partial charge >= 0.3 is 0 Å². The highest BCUT2D eigenvalue weighted by Crippen LogP contribution is 1.85. The molecule has 0 saturated carbocycles. The smallest absolute Gasteiger partial charge is 0.237 e. The molecule has 68 valence electrons. The third-order valence-electron chi connectivity index (χ3n) is 1.12. The molecular formula is C6H11N3O3. The summed E-state index contributed by atoms with van der Waals surface area (Å²) in [6.07, 6.45) is 0.305. The van der Waals surface area contributed by atoms with E-state index in [4.69, 9.17) is 11.5 Å². The van der Waals surface area contributed by atoms with Crippen LogP contribution in [0.1, 0.15) is 6.42 Å². The molecule has 0 aliphatic heterocycles. The molecule has 0 bridgehead atoms. The van der Waals surface area contributed by atoms with Crippen LogP contribution >= 0.6 is 0 Å². The maximum atomic E-state index is 10.8. The summed E-state index contributed by atoms with van der Waals surface area (Å²) in [5.74, 6) is -1.20. The Labute approximate surface area is 69.3 Å². The summed E-state index contributed by atoms with van der Waals surface area (Å²) in [4.78, 5) is 30.9. The van der Waals surface area contributed by atoms with Crippen molar-refractivity contribution in [3.8, 4) is 0 Å². The number of carbonyl (C=O) groups excluding carboxylic acids is 3. The fourth-order valence-electron chi connectivity index (χ4n) is 0.583. The molecule has 6 nitrogen and oxygen atoms in total. The lowest BCUT2D eigenvalue weighted by molar-refractivity contribution is -0.126. The van der Waals surface area contributed by atoms with Gasteiger partial charge in [0.2, 0.25) is 11.8 Å². The van der Waals surface area contributed by atoms with Gasteiger partial charge in [-0.2, -0.15) is 0 Å². The zero-order valence-electron chi connectivity index (χ0n) is 6.45. The van der Waals surface area contributed by atoms with Crippen LogP contribution in [0.2, 0.25) is 0 Å². The normalized spacial score (nSPS) is 11.8. The Kier molecular flexibility index (Phi) is 4.62. The van der Waals surface area contributed by atoms with E-state index in [1.54, 1.807) is 0 Å². The number of carbonyl (C=O) groups is 3. The van der Waals surface area contributed by atoms with Gasteiger partial charge in [0.05, 0.1) is 19.0 Å². The molecule has 1 atom stereocenters. The number of aldehydes is 1. The highest BCUT2D eigenvalue weighted by Gasteiger charge is 2.14. The minimum Gasteiger partial charge on any atom is -0.370 e. The lowest BCUT2D eigenvalue weighted by Crippen LogP contribution is -2.43. The standard InChI is InChI=1S/C6H11N3O3/c7-4(3-5(8)11)6(12)9-1-2-10/h2,4H,1,3,7H2,(H2,8,11)(H,9,12). The molecule has 2 amide bonds. The maximum Gasteiger partial charge on any atom is 0.237 e. The van der Waals surface area contributed by atoms with Gasteiger partial charge in [0.15, 0.2) is 0 Å². The van der Waals surface area contributed by atoms with Crippen molar-refractivity contribution in [3.63, 3.8) is 0 Å². The molecule has 0 aromatic rings. The third kappa shape index (κ3) is 4.40. The Morgan fingerprint density at radius 2 is 2.08 bits per heavy atom. The maximum absolute atomic E-state index is 10.8. The summed E-state index contributed by atoms with van der Waals surface area (Å²) in [7, 11) is 0. The number of hydrogen-bond acceptors (Lipinski definition) is 4. The van der Waals surface area contributed by atoms with Crippen LogP contribution in [0.4, 0.5) is 0 Å². The van der Waals surface area contributed by atoms with E-state index < -0.39 is 17.9 Å². The van der Waals surface area contributed by atoms with Gasteiger partial charge in [-0.15, -0.1) is 0 Å². The summed E-state index contributed by atoms with van der Waals surface area (Å²) in [5.41, 5.74) is 10.0. The second kappa shape index (κ2) is 5.25. The summed E-state index contributed by atoms with van der Waals surface area (Å²) >= 11 is 0. The summed E-state index contributed by atoms with van der Waals surface area (Å²) in [5, 5.41) is 2.20. The fourth-order valence-corrected chi connectivity index (χ4v) is 0.583. The number of rotatable bonds is 5. The topological polar surface area (TPSA) is 115 Å². The molecular weight excluding hydrogens is 162 g/mol. The first-order chi connectivity index (χ1) is 5.57. The molecule has 5 N–H and O–H groups in total. The molecule has 0 saturated heterocycles. The molecule has 12 heavy (non-hydrogen) atoms. The van der Waals surface area contributed by atoms with E-state index in [0.29, 0.717) is 6.29 Å². The Hall–Kier alpha value is -1.43. The highest BCUT2D eigenvalue weighted by atomic mass is 16.2. The van der Waals surface area contributed by atoms with Crippen molar-refractivity contribution >= 4 is 18.1 Å². The molecule has 0 aliphatic rings. The van der Waals surface area contributed by atoms with Crippen molar-refractivity contribution < 1.29 is 14.4 Å². The SMILES string of the molecule is NC(=O)CC(N)C(=O)NCC=O. The molecule has 0 aliphatic carbocycles. The van der Waals surface area contributed by atoms with Crippen molar-refractivity contribution in [2.45, 2.75) is 12.5 Å². The summed E-state index contributed by atoms with van der Waals surface area (Å²) in [6, 6.07) is -0.970. The largest absolute Gasteiger partial charge is 0.370 e. The monoisotopic (exact) mass is 173 g/mol. The predicted octanol–water partition coefficient (Wildman–Crippen LogP) is -2.50. The van der Waals surface area contributed by atoms with Crippen LogP contribution in [0.5, 0.6) is 0 Å². The summed E-state index contributed by atoms with van der Waals surface area (Å²) < 4.78 is 0. The van der Waals surface area contributed by atoms with Crippen LogP contribution in [0.25, 0.3) is 0 Å². The molecule has 0 radical (unpaired) electrons. The molecule has 0 fully saturated rings. The first kappa shape index (κ1) is 10.6. The number of amides is 2. The quantitative estimate of drug-likeness (QED) is 0.398. The van der Waals surface area contributed by atoms with Gasteiger partial charge in [-0.1, -0.05) is 0 Å². The van der Waals surface area contributed by atoms with E-state index in [2.05, 4.69) is 5.32 Å². The van der Waals surface area contributed by atoms with E-state index in [9.17, 15) is 14.4 Å². The van der Waals surface area contributed by atoms with Crippen LogP contribution in [-0.2, 0) is 14.4 Å². The van der Waals surface area contributed by atoms with Gasteiger partial charge in [0, 0.05) is 0 Å². The molecule has 0 rings (SSSR count). The Morgan fingerprint density at radius 3 is 2.50 bits per heavy atom. The van der Waals surface area contributed by atoms with Crippen LogP contribution in [0.3, 0.4) is 0 Å². The average Bonchev–Trinajstić information content (AvgIpc) is 1.98. The van der Waals surface area contributed by atoms with Crippen molar-refractivity contribution in [2.75, 3.05) is 6.54 Å². The van der Waals surface area contributed by atoms with Gasteiger partial charge in [0.1, 0.15) is 6.29 Å². The Balaban J connectivity index is 3.76. The molecule has 0 spiro atoms. The van der Waals surface area contributed by atoms with E-state index in [-0.39, 0.29) is 13.0 Å². The number of hydrogen-bond donors (Lipinski definition) is 3. The van der Waals surface area contributed by atoms with Gasteiger partial charge in [-0.3, -0.25) is 9.59 Å². The predicted molar refractivity (Wildman–Crippen MR) is 40.9 cm³/mol. The van der Waals surface area contributed by atoms with Crippen LogP contribution in [0, 0.1) is 0 Å². The molecule has 0 heterocycles. The van der Waals surface area contributed by atoms with E-state index in [0.717, 1.165) is 0 Å². The first-order valence-electron chi connectivity index (χ1n) is 3.33.